The van der Waals surface area contributed by atoms with Crippen LogP contribution >= 0.6 is 0 Å². The fraction of sp³-hybridized carbons (Fsp3) is 0.692. The van der Waals surface area contributed by atoms with Crippen LogP contribution in [0.3, 0.4) is 0 Å². The van der Waals surface area contributed by atoms with Gasteiger partial charge in [0.2, 0.25) is 0 Å². The molecule has 0 aliphatic carbocycles. The predicted molar refractivity (Wildman–Crippen MR) is 143 cm³/mol. The first-order valence-corrected chi connectivity index (χ1v) is 16.9. The molecule has 0 unspecified atom stereocenters. The highest BCUT2D eigenvalue weighted by atomic mass is 32.2. The molecule has 1 heterocycles. The molecule has 0 saturated carbocycles. The van der Waals surface area contributed by atoms with Gasteiger partial charge in [0.05, 0.1) is 6.26 Å². The SMILES string of the molecule is C=CC[C@H](OS(C)(=O)=O)[C@H](OCOC)[C@H]1OC(C)(C)O[C@H](c2ccccc2)[C@H]1O[Si](C)(C)C(C)(C)C. The zero-order valence-electron chi connectivity index (χ0n) is 23.1. The maximum Gasteiger partial charge on any atom is 0.264 e. The van der Waals surface area contributed by atoms with Crippen molar-refractivity contribution in [2.75, 3.05) is 20.2 Å². The molecule has 5 atom stereocenters. The lowest BCUT2D eigenvalue weighted by atomic mass is 9.92. The summed E-state index contributed by atoms with van der Waals surface area (Å²) >= 11 is 0. The third kappa shape index (κ3) is 8.46. The van der Waals surface area contributed by atoms with E-state index in [9.17, 15) is 8.42 Å². The Bertz CT molecular complexity index is 942. The van der Waals surface area contributed by atoms with E-state index in [0.29, 0.717) is 0 Å². The molecule has 8 nitrogen and oxygen atoms in total. The summed E-state index contributed by atoms with van der Waals surface area (Å²) in [5.41, 5.74) is 0.928. The average molecular weight is 545 g/mol. The van der Waals surface area contributed by atoms with E-state index in [-0.39, 0.29) is 18.3 Å². The second-order valence-corrected chi connectivity index (χ2v) is 17.5. The molecule has 1 aliphatic rings. The van der Waals surface area contributed by atoms with Gasteiger partial charge in [-0.15, -0.1) is 6.58 Å². The van der Waals surface area contributed by atoms with Gasteiger partial charge in [-0.3, -0.25) is 4.18 Å². The average Bonchev–Trinajstić information content (AvgIpc) is 2.74. The number of hydrogen-bond acceptors (Lipinski definition) is 8. The highest BCUT2D eigenvalue weighted by Crippen LogP contribution is 2.45. The Balaban J connectivity index is 2.68. The Labute approximate surface area is 218 Å². The van der Waals surface area contributed by atoms with Crippen LogP contribution in [-0.2, 0) is 37.7 Å². The van der Waals surface area contributed by atoms with Gasteiger partial charge in [-0.05, 0) is 44.0 Å². The maximum atomic E-state index is 12.2. The number of benzene rings is 1. The fourth-order valence-electron chi connectivity index (χ4n) is 3.95. The quantitative estimate of drug-likeness (QED) is 0.154. The zero-order valence-corrected chi connectivity index (χ0v) is 25.0. The van der Waals surface area contributed by atoms with Crippen molar-refractivity contribution >= 4 is 18.4 Å². The second kappa shape index (κ2) is 12.2. The topological polar surface area (TPSA) is 89.5 Å². The summed E-state index contributed by atoms with van der Waals surface area (Å²) in [5, 5.41) is -0.0988. The number of methoxy groups -OCH3 is 1. The van der Waals surface area contributed by atoms with E-state index in [1.165, 1.54) is 7.11 Å². The Kier molecular flexibility index (Phi) is 10.5. The molecule has 36 heavy (non-hydrogen) atoms. The number of hydrogen-bond donors (Lipinski definition) is 0. The minimum Gasteiger partial charge on any atom is -0.408 e. The number of ether oxygens (including phenoxy) is 4. The third-order valence-electron chi connectivity index (χ3n) is 6.58. The maximum absolute atomic E-state index is 12.2. The minimum atomic E-state index is -3.81. The van der Waals surface area contributed by atoms with Crippen molar-refractivity contribution in [1.29, 1.82) is 0 Å². The van der Waals surface area contributed by atoms with Crippen molar-refractivity contribution in [2.45, 2.75) is 95.5 Å². The Morgan fingerprint density at radius 2 is 1.78 bits per heavy atom. The molecule has 1 aliphatic heterocycles. The summed E-state index contributed by atoms with van der Waals surface area (Å²) in [4.78, 5) is 0. The lowest BCUT2D eigenvalue weighted by Gasteiger charge is -2.52. The Hall–Kier alpha value is -1.11. The highest BCUT2D eigenvalue weighted by Gasteiger charge is 2.53. The van der Waals surface area contributed by atoms with Gasteiger partial charge in [0.15, 0.2) is 14.1 Å². The summed E-state index contributed by atoms with van der Waals surface area (Å²) < 4.78 is 61.1. The zero-order chi connectivity index (χ0) is 27.4. The smallest absolute Gasteiger partial charge is 0.264 e. The Morgan fingerprint density at radius 1 is 1.17 bits per heavy atom. The van der Waals surface area contributed by atoms with E-state index in [4.69, 9.17) is 27.6 Å². The molecule has 2 rings (SSSR count). The molecule has 0 N–H and O–H groups in total. The van der Waals surface area contributed by atoms with Gasteiger partial charge in [-0.25, -0.2) is 0 Å². The van der Waals surface area contributed by atoms with Crippen molar-refractivity contribution in [3.8, 4) is 0 Å². The molecule has 1 saturated heterocycles. The van der Waals surface area contributed by atoms with Crippen LogP contribution in [0, 0.1) is 0 Å². The van der Waals surface area contributed by atoms with E-state index < -0.39 is 54.7 Å². The van der Waals surface area contributed by atoms with E-state index in [1.54, 1.807) is 6.08 Å². The van der Waals surface area contributed by atoms with E-state index in [0.717, 1.165) is 11.8 Å². The first-order valence-electron chi connectivity index (χ1n) is 12.2. The van der Waals surface area contributed by atoms with Crippen molar-refractivity contribution in [3.05, 3.63) is 48.6 Å². The molecule has 0 amide bonds. The van der Waals surface area contributed by atoms with Crippen molar-refractivity contribution < 1.29 is 36.0 Å². The minimum absolute atomic E-state index is 0.0879. The first kappa shape index (κ1) is 31.1. The van der Waals surface area contributed by atoms with Crippen LogP contribution in [0.2, 0.25) is 18.1 Å². The Morgan fingerprint density at radius 3 is 2.28 bits per heavy atom. The van der Waals surface area contributed by atoms with Crippen LogP contribution in [0.1, 0.15) is 52.7 Å². The van der Waals surface area contributed by atoms with Gasteiger partial charge < -0.3 is 23.4 Å². The number of rotatable bonds is 12. The summed E-state index contributed by atoms with van der Waals surface area (Å²) in [6.07, 6.45) is -0.788. The molecule has 1 aromatic rings. The second-order valence-electron chi connectivity index (χ2n) is 11.2. The van der Waals surface area contributed by atoms with Gasteiger partial charge >= 0.3 is 0 Å². The normalized spacial score (nSPS) is 24.8. The lowest BCUT2D eigenvalue weighted by Crippen LogP contribution is -2.62. The van der Waals surface area contributed by atoms with Gasteiger partial charge in [0.25, 0.3) is 10.1 Å². The van der Waals surface area contributed by atoms with Crippen molar-refractivity contribution in [2.24, 2.45) is 0 Å². The summed E-state index contributed by atoms with van der Waals surface area (Å²) in [7, 11) is -4.67. The van der Waals surface area contributed by atoms with Crippen molar-refractivity contribution in [3.63, 3.8) is 0 Å². The summed E-state index contributed by atoms with van der Waals surface area (Å²) in [5.74, 6) is -1.02. The standard InChI is InChI=1S/C26H44O8SSi/c1-11-15-20(33-35(8,27)28)22(30-18-29-7)23-24(34-36(9,10)25(2,3)4)21(31-26(5,6)32-23)19-16-13-12-14-17-19/h11-14,16-17,20-24H,1,15,18H2,2-10H3/t20-,21+,22-,23+,24+/m0/s1. The van der Waals surface area contributed by atoms with Crippen LogP contribution in [-0.4, -0.2) is 67.1 Å². The molecule has 0 radical (unpaired) electrons. The molecule has 10 heteroatoms. The largest absolute Gasteiger partial charge is 0.408 e. The molecule has 1 fully saturated rings. The van der Waals surface area contributed by atoms with Crippen molar-refractivity contribution in [1.82, 2.24) is 0 Å². The molecule has 0 spiro atoms. The lowest BCUT2D eigenvalue weighted by molar-refractivity contribution is -0.353. The first-order chi connectivity index (χ1) is 16.5. The van der Waals surface area contributed by atoms with E-state index in [1.807, 2.05) is 44.2 Å². The van der Waals surface area contributed by atoms with E-state index >= 15 is 0 Å². The van der Waals surface area contributed by atoms with Crippen LogP contribution in [0.25, 0.3) is 0 Å². The van der Waals surface area contributed by atoms with Crippen LogP contribution in [0.4, 0.5) is 0 Å². The molecule has 0 aromatic heterocycles. The van der Waals surface area contributed by atoms with Gasteiger partial charge in [-0.1, -0.05) is 57.2 Å². The van der Waals surface area contributed by atoms with Gasteiger partial charge in [-0.2, -0.15) is 8.42 Å². The monoisotopic (exact) mass is 544 g/mol. The molecular weight excluding hydrogens is 500 g/mol. The summed E-state index contributed by atoms with van der Waals surface area (Å²) in [6.45, 7) is 18.1. The third-order valence-corrected chi connectivity index (χ3v) is 11.7. The molecule has 1 aromatic carbocycles. The van der Waals surface area contributed by atoms with Gasteiger partial charge in [0, 0.05) is 7.11 Å². The molecular formula is C26H44O8SSi. The predicted octanol–water partition coefficient (Wildman–Crippen LogP) is 5.18. The highest BCUT2D eigenvalue weighted by molar-refractivity contribution is 7.86. The van der Waals surface area contributed by atoms with Crippen LogP contribution in [0.15, 0.2) is 43.0 Å². The molecule has 206 valence electrons. The van der Waals surface area contributed by atoms with E-state index in [2.05, 4.69) is 40.4 Å². The van der Waals surface area contributed by atoms with Crippen LogP contribution in [0.5, 0.6) is 0 Å². The van der Waals surface area contributed by atoms with Crippen LogP contribution < -0.4 is 0 Å². The summed E-state index contributed by atoms with van der Waals surface area (Å²) in [6, 6.07) is 9.83. The van der Waals surface area contributed by atoms with Gasteiger partial charge in [0.1, 0.15) is 37.3 Å². The molecule has 0 bridgehead atoms. The fourth-order valence-corrected chi connectivity index (χ4v) is 5.87.